The Balaban J connectivity index is 1.40. The molecule has 1 atom stereocenters. The van der Waals surface area contributed by atoms with Crippen LogP contribution in [0.15, 0.2) is 18.5 Å². The Morgan fingerprint density at radius 1 is 1.24 bits per heavy atom. The van der Waals surface area contributed by atoms with Gasteiger partial charge in [0, 0.05) is 45.0 Å². The van der Waals surface area contributed by atoms with Crippen LogP contribution in [0, 0.1) is 11.8 Å². The Morgan fingerprint density at radius 2 is 2.08 bits per heavy atom. The number of piperidine rings is 1. The number of hydrogen-bond donors (Lipinski definition) is 1. The maximum Gasteiger partial charge on any atom is 0.224 e. The minimum atomic E-state index is -0.0500. The normalized spacial score (nSPS) is 22.2. The molecule has 1 aliphatic heterocycles. The third kappa shape index (κ3) is 5.31. The van der Waals surface area contributed by atoms with Gasteiger partial charge < -0.3 is 10.2 Å². The molecular weight excluding hydrogens is 316 g/mol. The third-order valence-corrected chi connectivity index (χ3v) is 5.50. The van der Waals surface area contributed by atoms with Gasteiger partial charge in [0.15, 0.2) is 0 Å². The van der Waals surface area contributed by atoms with Crippen LogP contribution in [-0.4, -0.2) is 46.1 Å². The molecule has 138 valence electrons. The number of rotatable bonds is 7. The lowest BCUT2D eigenvalue weighted by Gasteiger charge is -2.35. The summed E-state index contributed by atoms with van der Waals surface area (Å²) in [5, 5.41) is 7.19. The van der Waals surface area contributed by atoms with Gasteiger partial charge in [-0.2, -0.15) is 5.10 Å². The van der Waals surface area contributed by atoms with E-state index in [1.165, 1.54) is 32.1 Å². The lowest BCUT2D eigenvalue weighted by Crippen LogP contribution is -2.47. The van der Waals surface area contributed by atoms with Crippen molar-refractivity contribution in [3.8, 4) is 0 Å². The number of carbonyl (C=O) groups excluding carboxylic acids is 2. The first-order valence-electron chi connectivity index (χ1n) is 9.75. The second kappa shape index (κ2) is 9.02. The summed E-state index contributed by atoms with van der Waals surface area (Å²) in [6, 6.07) is 1.90. The van der Waals surface area contributed by atoms with Gasteiger partial charge in [-0.25, -0.2) is 0 Å². The van der Waals surface area contributed by atoms with E-state index < -0.39 is 0 Å². The first-order valence-corrected chi connectivity index (χ1v) is 9.75. The van der Waals surface area contributed by atoms with Crippen LogP contribution in [0.3, 0.4) is 0 Å². The molecule has 0 aromatic carbocycles. The number of nitrogens with zero attached hydrogens (tertiary/aromatic N) is 3. The molecular formula is C19H30N4O2. The number of amides is 2. The van der Waals surface area contributed by atoms with Crippen molar-refractivity contribution in [2.75, 3.05) is 19.6 Å². The highest BCUT2D eigenvalue weighted by molar-refractivity contribution is 5.83. The number of nitrogens with one attached hydrogen (secondary N) is 1. The van der Waals surface area contributed by atoms with Crippen LogP contribution in [0.5, 0.6) is 0 Å². The molecule has 3 rings (SSSR count). The van der Waals surface area contributed by atoms with E-state index in [-0.39, 0.29) is 17.7 Å². The van der Waals surface area contributed by atoms with Crippen molar-refractivity contribution in [1.29, 1.82) is 0 Å². The summed E-state index contributed by atoms with van der Waals surface area (Å²) in [5.74, 6) is 0.912. The van der Waals surface area contributed by atoms with Gasteiger partial charge in [-0.1, -0.05) is 19.3 Å². The molecule has 0 bridgehead atoms. The van der Waals surface area contributed by atoms with Crippen molar-refractivity contribution < 1.29 is 9.59 Å². The topological polar surface area (TPSA) is 67.2 Å². The molecule has 25 heavy (non-hydrogen) atoms. The van der Waals surface area contributed by atoms with E-state index in [4.69, 9.17) is 0 Å². The number of likely N-dealkylation sites (tertiary alicyclic amines) is 1. The van der Waals surface area contributed by atoms with Crippen LogP contribution >= 0.6 is 0 Å². The molecule has 0 unspecified atom stereocenters. The maximum atomic E-state index is 12.4. The molecule has 1 aromatic rings. The first-order chi connectivity index (χ1) is 12.2. The van der Waals surface area contributed by atoms with Crippen molar-refractivity contribution in [3.63, 3.8) is 0 Å². The Morgan fingerprint density at radius 3 is 2.84 bits per heavy atom. The second-order valence-corrected chi connectivity index (χ2v) is 7.45. The van der Waals surface area contributed by atoms with E-state index in [1.54, 1.807) is 6.20 Å². The quantitative estimate of drug-likeness (QED) is 0.770. The van der Waals surface area contributed by atoms with Gasteiger partial charge in [-0.05, 0) is 37.7 Å². The fourth-order valence-corrected chi connectivity index (χ4v) is 4.02. The summed E-state index contributed by atoms with van der Waals surface area (Å²) in [6.07, 6.45) is 12.1. The third-order valence-electron chi connectivity index (χ3n) is 5.50. The molecule has 0 radical (unpaired) electrons. The fraction of sp³-hybridized carbons (Fsp3) is 0.737. The highest BCUT2D eigenvalue weighted by Crippen LogP contribution is 2.27. The van der Waals surface area contributed by atoms with Crippen molar-refractivity contribution in [3.05, 3.63) is 18.5 Å². The van der Waals surface area contributed by atoms with E-state index in [2.05, 4.69) is 10.4 Å². The highest BCUT2D eigenvalue weighted by Gasteiger charge is 2.31. The van der Waals surface area contributed by atoms with Gasteiger partial charge in [-0.15, -0.1) is 0 Å². The minimum absolute atomic E-state index is 0.0500. The Kier molecular flexibility index (Phi) is 6.48. The predicted molar refractivity (Wildman–Crippen MR) is 95.7 cm³/mol. The maximum absolute atomic E-state index is 12.4. The van der Waals surface area contributed by atoms with Crippen LogP contribution in [0.2, 0.25) is 0 Å². The smallest absolute Gasteiger partial charge is 0.224 e. The molecule has 1 saturated heterocycles. The van der Waals surface area contributed by atoms with Gasteiger partial charge in [0.1, 0.15) is 0 Å². The SMILES string of the molecule is O=C(NCCCn1cccn1)[C@@H]1CCC(=O)N(CC2CCCCC2)C1. The van der Waals surface area contributed by atoms with E-state index in [0.29, 0.717) is 31.8 Å². The molecule has 6 heteroatoms. The summed E-state index contributed by atoms with van der Waals surface area (Å²) < 4.78 is 1.87. The number of aryl methyl sites for hydroxylation is 1. The van der Waals surface area contributed by atoms with Crippen LogP contribution in [-0.2, 0) is 16.1 Å². The number of hydrogen-bond acceptors (Lipinski definition) is 3. The van der Waals surface area contributed by atoms with Gasteiger partial charge in [0.2, 0.25) is 11.8 Å². The summed E-state index contributed by atoms with van der Waals surface area (Å²) in [6.45, 7) is 2.91. The van der Waals surface area contributed by atoms with Crippen molar-refractivity contribution in [2.45, 2.75) is 57.9 Å². The minimum Gasteiger partial charge on any atom is -0.356 e. The molecule has 2 amide bonds. The van der Waals surface area contributed by atoms with E-state index >= 15 is 0 Å². The molecule has 1 N–H and O–H groups in total. The van der Waals surface area contributed by atoms with Gasteiger partial charge in [-0.3, -0.25) is 14.3 Å². The van der Waals surface area contributed by atoms with E-state index in [0.717, 1.165) is 19.5 Å². The lowest BCUT2D eigenvalue weighted by molar-refractivity contribution is -0.139. The Hall–Kier alpha value is -1.85. The molecule has 6 nitrogen and oxygen atoms in total. The fourth-order valence-electron chi connectivity index (χ4n) is 4.02. The summed E-state index contributed by atoms with van der Waals surface area (Å²) in [5.41, 5.74) is 0. The molecule has 2 fully saturated rings. The van der Waals surface area contributed by atoms with Gasteiger partial charge in [0.25, 0.3) is 0 Å². The lowest BCUT2D eigenvalue weighted by atomic mass is 9.87. The van der Waals surface area contributed by atoms with Crippen molar-refractivity contribution >= 4 is 11.8 Å². The average molecular weight is 346 g/mol. The van der Waals surface area contributed by atoms with Crippen molar-refractivity contribution in [2.24, 2.45) is 11.8 Å². The Bertz CT molecular complexity index is 552. The standard InChI is InChI=1S/C19H30N4O2/c24-18-9-8-17(15-22(18)14-16-6-2-1-3-7-16)19(25)20-10-4-12-23-13-5-11-21-23/h5,11,13,16-17H,1-4,6-10,12,14-15H2,(H,20,25)/t17-/m1/s1. The predicted octanol–water partition coefficient (Wildman–Crippen LogP) is 2.21. The molecule has 1 saturated carbocycles. The highest BCUT2D eigenvalue weighted by atomic mass is 16.2. The average Bonchev–Trinajstić information content (AvgIpc) is 3.15. The molecule has 0 spiro atoms. The van der Waals surface area contributed by atoms with Gasteiger partial charge >= 0.3 is 0 Å². The summed E-state index contributed by atoms with van der Waals surface area (Å²) in [7, 11) is 0. The van der Waals surface area contributed by atoms with Crippen LogP contribution in [0.1, 0.15) is 51.4 Å². The van der Waals surface area contributed by atoms with Crippen molar-refractivity contribution in [1.82, 2.24) is 20.0 Å². The largest absolute Gasteiger partial charge is 0.356 e. The molecule has 1 aromatic heterocycles. The molecule has 1 aliphatic carbocycles. The van der Waals surface area contributed by atoms with Crippen LogP contribution in [0.4, 0.5) is 0 Å². The summed E-state index contributed by atoms with van der Waals surface area (Å²) >= 11 is 0. The molecule has 2 aliphatic rings. The number of aromatic nitrogens is 2. The zero-order valence-corrected chi connectivity index (χ0v) is 15.0. The monoisotopic (exact) mass is 346 g/mol. The van der Waals surface area contributed by atoms with E-state index in [9.17, 15) is 9.59 Å². The second-order valence-electron chi connectivity index (χ2n) is 7.45. The Labute approximate surface area is 149 Å². The van der Waals surface area contributed by atoms with Crippen LogP contribution in [0.25, 0.3) is 0 Å². The van der Waals surface area contributed by atoms with Crippen LogP contribution < -0.4 is 5.32 Å². The zero-order chi connectivity index (χ0) is 17.5. The van der Waals surface area contributed by atoms with E-state index in [1.807, 2.05) is 21.8 Å². The summed E-state index contributed by atoms with van der Waals surface area (Å²) in [4.78, 5) is 26.6. The first kappa shape index (κ1) is 18.0. The number of carbonyl (C=O) groups is 2. The zero-order valence-electron chi connectivity index (χ0n) is 15.0. The molecule has 2 heterocycles. The van der Waals surface area contributed by atoms with Gasteiger partial charge in [0.05, 0.1) is 5.92 Å².